The van der Waals surface area contributed by atoms with E-state index in [4.69, 9.17) is 16.3 Å². The van der Waals surface area contributed by atoms with Gasteiger partial charge < -0.3 is 4.74 Å². The molecular weight excluding hydrogens is 258 g/mol. The second-order valence-corrected chi connectivity index (χ2v) is 4.36. The summed E-state index contributed by atoms with van der Waals surface area (Å²) in [5.41, 5.74) is 3.01. The lowest BCUT2D eigenvalue weighted by Gasteiger charge is -2.08. The molecule has 1 heterocycles. The number of alkyl halides is 1. The van der Waals surface area contributed by atoms with Gasteiger partial charge in [-0.05, 0) is 30.7 Å². The molecule has 0 aliphatic carbocycles. The minimum absolute atomic E-state index is 0.316. The van der Waals surface area contributed by atoms with Crippen LogP contribution in [0.25, 0.3) is 0 Å². The first-order valence-electron chi connectivity index (χ1n) is 5.97. The van der Waals surface area contributed by atoms with Crippen LogP contribution in [0.1, 0.15) is 16.7 Å². The van der Waals surface area contributed by atoms with E-state index in [0.29, 0.717) is 12.5 Å². The molecule has 0 fully saturated rings. The SMILES string of the molecule is Cc1cncc(COc2ccccc2C#CCCl)c1. The summed E-state index contributed by atoms with van der Waals surface area (Å²) in [7, 11) is 0. The molecule has 0 spiro atoms. The zero-order valence-electron chi connectivity index (χ0n) is 10.7. The lowest BCUT2D eigenvalue weighted by Crippen LogP contribution is -1.98. The number of ether oxygens (including phenoxy) is 1. The van der Waals surface area contributed by atoms with Gasteiger partial charge >= 0.3 is 0 Å². The number of hydrogen-bond acceptors (Lipinski definition) is 2. The molecule has 2 aromatic rings. The summed E-state index contributed by atoms with van der Waals surface area (Å²) in [5, 5.41) is 0. The maximum absolute atomic E-state index is 5.79. The van der Waals surface area contributed by atoms with E-state index in [1.165, 1.54) is 0 Å². The van der Waals surface area contributed by atoms with Crippen LogP contribution in [0.5, 0.6) is 5.75 Å². The van der Waals surface area contributed by atoms with Crippen LogP contribution in [0, 0.1) is 18.8 Å². The first-order valence-corrected chi connectivity index (χ1v) is 6.50. The van der Waals surface area contributed by atoms with Crippen molar-refractivity contribution in [3.8, 4) is 17.6 Å². The number of nitrogens with zero attached hydrogens (tertiary/aromatic N) is 1. The number of halogens is 1. The van der Waals surface area contributed by atoms with Gasteiger partial charge in [0, 0.05) is 18.0 Å². The molecule has 0 aliphatic rings. The summed E-state index contributed by atoms with van der Waals surface area (Å²) in [4.78, 5) is 4.14. The van der Waals surface area contributed by atoms with Gasteiger partial charge in [-0.1, -0.05) is 24.0 Å². The fraction of sp³-hybridized carbons (Fsp3) is 0.188. The van der Waals surface area contributed by atoms with Gasteiger partial charge in [-0.25, -0.2) is 0 Å². The molecule has 0 bridgehead atoms. The maximum atomic E-state index is 5.79. The summed E-state index contributed by atoms with van der Waals surface area (Å²) in [6.45, 7) is 2.49. The van der Waals surface area contributed by atoms with E-state index in [0.717, 1.165) is 22.4 Å². The molecule has 0 saturated carbocycles. The highest BCUT2D eigenvalue weighted by Crippen LogP contribution is 2.18. The molecule has 0 N–H and O–H groups in total. The molecule has 3 heteroatoms. The average molecular weight is 272 g/mol. The predicted molar refractivity (Wildman–Crippen MR) is 77.3 cm³/mol. The Bertz CT molecular complexity index is 613. The molecule has 0 unspecified atom stereocenters. The molecule has 0 saturated heterocycles. The number of pyridine rings is 1. The van der Waals surface area contributed by atoms with E-state index in [1.54, 1.807) is 6.20 Å². The van der Waals surface area contributed by atoms with Crippen LogP contribution >= 0.6 is 11.6 Å². The van der Waals surface area contributed by atoms with Crippen molar-refractivity contribution in [1.29, 1.82) is 0 Å². The Morgan fingerprint density at radius 3 is 2.89 bits per heavy atom. The molecule has 0 amide bonds. The van der Waals surface area contributed by atoms with Crippen LogP contribution in [0.15, 0.2) is 42.7 Å². The lowest BCUT2D eigenvalue weighted by molar-refractivity contribution is 0.305. The van der Waals surface area contributed by atoms with Crippen LogP contribution in [-0.2, 0) is 6.61 Å². The van der Waals surface area contributed by atoms with Crippen LogP contribution in [0.4, 0.5) is 0 Å². The summed E-state index contributed by atoms with van der Waals surface area (Å²) in [6, 6.07) is 9.74. The van der Waals surface area contributed by atoms with Crippen LogP contribution in [0.2, 0.25) is 0 Å². The quantitative estimate of drug-likeness (QED) is 0.629. The zero-order valence-corrected chi connectivity index (χ0v) is 11.4. The summed E-state index contributed by atoms with van der Waals surface area (Å²) in [5.74, 6) is 6.90. The molecule has 0 radical (unpaired) electrons. The minimum Gasteiger partial charge on any atom is -0.488 e. The number of para-hydroxylation sites is 1. The van der Waals surface area contributed by atoms with Gasteiger partial charge in [0.15, 0.2) is 0 Å². The topological polar surface area (TPSA) is 22.1 Å². The van der Waals surface area contributed by atoms with Crippen molar-refractivity contribution in [1.82, 2.24) is 4.98 Å². The van der Waals surface area contributed by atoms with Gasteiger partial charge in [0.05, 0.1) is 11.4 Å². The van der Waals surface area contributed by atoms with Crippen molar-refractivity contribution < 1.29 is 4.74 Å². The van der Waals surface area contributed by atoms with Crippen LogP contribution < -0.4 is 4.74 Å². The molecule has 2 rings (SSSR count). The van der Waals surface area contributed by atoms with Gasteiger partial charge in [0.2, 0.25) is 0 Å². The van der Waals surface area contributed by atoms with Gasteiger partial charge in [-0.15, -0.1) is 11.6 Å². The number of rotatable bonds is 3. The molecule has 1 aromatic carbocycles. The molecule has 19 heavy (non-hydrogen) atoms. The molecule has 96 valence electrons. The van der Waals surface area contributed by atoms with Crippen molar-refractivity contribution in [2.24, 2.45) is 0 Å². The Morgan fingerprint density at radius 1 is 1.26 bits per heavy atom. The Hall–Kier alpha value is -1.98. The first kappa shape index (κ1) is 13.5. The summed E-state index contributed by atoms with van der Waals surface area (Å²) < 4.78 is 5.79. The Kier molecular flexibility index (Phi) is 4.83. The predicted octanol–water partition coefficient (Wildman–Crippen LogP) is 3.56. The number of benzene rings is 1. The highest BCUT2D eigenvalue weighted by molar-refractivity contribution is 6.19. The standard InChI is InChI=1S/C16H14ClNO/c1-13-9-14(11-18-10-13)12-19-16-7-3-2-5-15(16)6-4-8-17/h2-3,5,7,9-11H,8,12H2,1H3. The van der Waals surface area contributed by atoms with E-state index < -0.39 is 0 Å². The maximum Gasteiger partial charge on any atom is 0.135 e. The van der Waals surface area contributed by atoms with E-state index in [-0.39, 0.29) is 0 Å². The minimum atomic E-state index is 0.316. The largest absolute Gasteiger partial charge is 0.488 e. The van der Waals surface area contributed by atoms with E-state index in [9.17, 15) is 0 Å². The van der Waals surface area contributed by atoms with Crippen molar-refractivity contribution in [2.45, 2.75) is 13.5 Å². The Balaban J connectivity index is 2.11. The Morgan fingerprint density at radius 2 is 2.11 bits per heavy atom. The average Bonchev–Trinajstić information content (AvgIpc) is 2.44. The van der Waals surface area contributed by atoms with Gasteiger partial charge in [-0.2, -0.15) is 0 Å². The van der Waals surface area contributed by atoms with Crippen molar-refractivity contribution >= 4 is 11.6 Å². The Labute approximate surface area is 118 Å². The summed E-state index contributed by atoms with van der Waals surface area (Å²) >= 11 is 5.57. The molecule has 1 aromatic heterocycles. The third kappa shape index (κ3) is 4.01. The summed E-state index contributed by atoms with van der Waals surface area (Å²) in [6.07, 6.45) is 3.63. The molecular formula is C16H14ClNO. The smallest absolute Gasteiger partial charge is 0.135 e. The zero-order chi connectivity index (χ0) is 13.5. The normalized spacial score (nSPS) is 9.58. The second kappa shape index (κ2) is 6.82. The number of aryl methyl sites for hydroxylation is 1. The fourth-order valence-electron chi connectivity index (χ4n) is 1.68. The number of aromatic nitrogens is 1. The van der Waals surface area contributed by atoms with Gasteiger partial charge in [0.1, 0.15) is 12.4 Å². The fourth-order valence-corrected chi connectivity index (χ4v) is 1.75. The van der Waals surface area contributed by atoms with E-state index in [1.807, 2.05) is 37.4 Å². The van der Waals surface area contributed by atoms with Crippen molar-refractivity contribution in [3.63, 3.8) is 0 Å². The third-order valence-corrected chi connectivity index (χ3v) is 2.64. The van der Waals surface area contributed by atoms with E-state index >= 15 is 0 Å². The van der Waals surface area contributed by atoms with Crippen molar-refractivity contribution in [2.75, 3.05) is 5.88 Å². The second-order valence-electron chi connectivity index (χ2n) is 4.09. The monoisotopic (exact) mass is 271 g/mol. The lowest BCUT2D eigenvalue weighted by atomic mass is 10.2. The molecule has 0 aliphatic heterocycles. The van der Waals surface area contributed by atoms with Crippen LogP contribution in [-0.4, -0.2) is 10.9 Å². The third-order valence-electron chi connectivity index (χ3n) is 2.50. The van der Waals surface area contributed by atoms with Gasteiger partial charge in [-0.3, -0.25) is 4.98 Å². The highest BCUT2D eigenvalue weighted by Gasteiger charge is 2.01. The van der Waals surface area contributed by atoms with Crippen molar-refractivity contribution in [3.05, 3.63) is 59.4 Å². The molecule has 0 atom stereocenters. The molecule has 2 nitrogen and oxygen atoms in total. The van der Waals surface area contributed by atoms with Gasteiger partial charge in [0.25, 0.3) is 0 Å². The number of hydrogen-bond donors (Lipinski definition) is 0. The highest BCUT2D eigenvalue weighted by atomic mass is 35.5. The van der Waals surface area contributed by atoms with E-state index in [2.05, 4.69) is 22.9 Å². The first-order chi connectivity index (χ1) is 9.29. The van der Waals surface area contributed by atoms with Crippen LogP contribution in [0.3, 0.4) is 0 Å².